The molecule has 2 N–H and O–H groups in total. The van der Waals surface area contributed by atoms with E-state index in [-0.39, 0.29) is 18.1 Å². The smallest absolute Gasteiger partial charge is 0.228 e. The summed E-state index contributed by atoms with van der Waals surface area (Å²) in [6, 6.07) is 8.11. The number of hydrogen-bond donors (Lipinski definition) is 2. The molecule has 0 radical (unpaired) electrons. The zero-order chi connectivity index (χ0) is 25.0. The Morgan fingerprint density at radius 2 is 1.86 bits per heavy atom. The number of pyridine rings is 1. The molecule has 1 saturated heterocycles. The summed E-state index contributed by atoms with van der Waals surface area (Å²) in [4.78, 5) is 22.3. The van der Waals surface area contributed by atoms with Crippen LogP contribution in [0.25, 0.3) is 11.2 Å². The van der Waals surface area contributed by atoms with Crippen LogP contribution in [0.1, 0.15) is 68.5 Å². The SMILES string of the molecule is Cc1nc2c(Nc3ccc(C4CC4)cc3P(C)(C)=O)cc(NC(=O)C3CC3)nc2n1C1CCCCO1. The summed E-state index contributed by atoms with van der Waals surface area (Å²) in [6.45, 7) is 6.31. The van der Waals surface area contributed by atoms with E-state index in [9.17, 15) is 9.36 Å². The van der Waals surface area contributed by atoms with Crippen molar-refractivity contribution in [2.45, 2.75) is 64.0 Å². The molecule has 3 fully saturated rings. The molecule has 0 bridgehead atoms. The van der Waals surface area contributed by atoms with E-state index in [1.165, 1.54) is 18.4 Å². The topological polar surface area (TPSA) is 98.1 Å². The number of benzene rings is 1. The number of amides is 1. The van der Waals surface area contributed by atoms with Crippen LogP contribution in [0.15, 0.2) is 24.3 Å². The van der Waals surface area contributed by atoms with Crippen molar-refractivity contribution in [3.63, 3.8) is 0 Å². The highest BCUT2D eigenvalue weighted by atomic mass is 31.2. The predicted molar refractivity (Wildman–Crippen MR) is 143 cm³/mol. The number of anilines is 3. The lowest BCUT2D eigenvalue weighted by molar-refractivity contribution is -0.117. The normalized spacial score (nSPS) is 20.5. The second kappa shape index (κ2) is 9.00. The average Bonchev–Trinajstić information content (AvgIpc) is 3.75. The van der Waals surface area contributed by atoms with Crippen LogP contribution in [0.5, 0.6) is 0 Å². The van der Waals surface area contributed by atoms with Crippen molar-refractivity contribution in [2.24, 2.45) is 5.92 Å². The van der Waals surface area contributed by atoms with Gasteiger partial charge in [0.15, 0.2) is 5.65 Å². The molecule has 0 spiro atoms. The Kier molecular flexibility index (Phi) is 5.92. The highest BCUT2D eigenvalue weighted by molar-refractivity contribution is 7.70. The molecule has 36 heavy (non-hydrogen) atoms. The zero-order valence-electron chi connectivity index (χ0n) is 21.2. The number of fused-ring (bicyclic) bond motifs is 1. The quantitative estimate of drug-likeness (QED) is 0.401. The van der Waals surface area contributed by atoms with Crippen molar-refractivity contribution in [1.29, 1.82) is 0 Å². The van der Waals surface area contributed by atoms with Gasteiger partial charge in [0, 0.05) is 29.6 Å². The van der Waals surface area contributed by atoms with Crippen molar-refractivity contribution in [3.8, 4) is 0 Å². The molecule has 3 heterocycles. The van der Waals surface area contributed by atoms with E-state index >= 15 is 0 Å². The number of hydrogen-bond acceptors (Lipinski definition) is 6. The van der Waals surface area contributed by atoms with E-state index in [4.69, 9.17) is 14.7 Å². The van der Waals surface area contributed by atoms with Gasteiger partial charge in [-0.1, -0.05) is 6.07 Å². The van der Waals surface area contributed by atoms with Crippen molar-refractivity contribution in [1.82, 2.24) is 14.5 Å². The van der Waals surface area contributed by atoms with Crippen LogP contribution >= 0.6 is 7.14 Å². The Morgan fingerprint density at radius 1 is 1.06 bits per heavy atom. The molecule has 2 aliphatic carbocycles. The van der Waals surface area contributed by atoms with Crippen molar-refractivity contribution in [3.05, 3.63) is 35.7 Å². The van der Waals surface area contributed by atoms with E-state index < -0.39 is 7.14 Å². The number of rotatable bonds is 7. The zero-order valence-corrected chi connectivity index (χ0v) is 22.1. The van der Waals surface area contributed by atoms with Crippen LogP contribution in [0.2, 0.25) is 0 Å². The van der Waals surface area contributed by atoms with Crippen molar-refractivity contribution < 1.29 is 14.1 Å². The maximum Gasteiger partial charge on any atom is 0.228 e. The number of imidazole rings is 1. The third-order valence-electron chi connectivity index (χ3n) is 7.39. The minimum atomic E-state index is -2.55. The number of nitrogens with zero attached hydrogens (tertiary/aromatic N) is 3. The fourth-order valence-corrected chi connectivity index (χ4v) is 6.26. The molecule has 2 saturated carbocycles. The fraction of sp³-hybridized carbons (Fsp3) is 0.519. The summed E-state index contributed by atoms with van der Waals surface area (Å²) in [5.41, 5.74) is 4.19. The summed E-state index contributed by atoms with van der Waals surface area (Å²) in [7, 11) is -2.55. The number of carbonyl (C=O) groups excluding carboxylic acids is 1. The molecule has 3 aromatic rings. The standard InChI is InChI=1S/C27H34N5O3P/c1-16-28-25-21(29-20-12-11-19(17-7-8-17)14-22(20)36(2,3)34)15-23(31-27(33)18-9-10-18)30-26(25)32(16)24-6-4-5-13-35-24/h11-12,14-15,17-18,24H,4-10,13H2,1-3H3,(H2,29,30,31,33). The van der Waals surface area contributed by atoms with Gasteiger partial charge in [0.1, 0.15) is 30.5 Å². The largest absolute Gasteiger partial charge is 0.358 e. The molecule has 1 aromatic carbocycles. The summed E-state index contributed by atoms with van der Waals surface area (Å²) in [5.74, 6) is 1.96. The number of ether oxygens (including phenoxy) is 1. The molecule has 1 aliphatic heterocycles. The molecule has 8 nitrogen and oxygen atoms in total. The summed E-state index contributed by atoms with van der Waals surface area (Å²) in [5, 5.41) is 7.38. The molecule has 2 aromatic heterocycles. The molecule has 1 unspecified atom stereocenters. The van der Waals surface area contributed by atoms with E-state index in [0.717, 1.165) is 54.6 Å². The molecule has 1 atom stereocenters. The van der Waals surface area contributed by atoms with Gasteiger partial charge < -0.3 is 19.9 Å². The highest BCUT2D eigenvalue weighted by Crippen LogP contribution is 2.44. The number of aromatic nitrogens is 3. The summed E-state index contributed by atoms with van der Waals surface area (Å²) >= 11 is 0. The first kappa shape index (κ1) is 23.7. The Balaban J connectivity index is 1.45. The van der Waals surface area contributed by atoms with Crippen LogP contribution < -0.4 is 15.9 Å². The van der Waals surface area contributed by atoms with Gasteiger partial charge in [0.05, 0.1) is 5.69 Å². The van der Waals surface area contributed by atoms with E-state index in [1.54, 1.807) is 0 Å². The van der Waals surface area contributed by atoms with Crippen LogP contribution in [0.4, 0.5) is 17.2 Å². The Morgan fingerprint density at radius 3 is 2.53 bits per heavy atom. The Hall–Kier alpha value is -2.70. The Bertz CT molecular complexity index is 1380. The minimum absolute atomic E-state index is 0.00518. The van der Waals surface area contributed by atoms with Gasteiger partial charge in [0.2, 0.25) is 5.91 Å². The third-order valence-corrected chi connectivity index (χ3v) is 8.92. The van der Waals surface area contributed by atoms with Gasteiger partial charge in [-0.15, -0.1) is 0 Å². The number of nitrogens with one attached hydrogen (secondary N) is 2. The molecule has 9 heteroatoms. The highest BCUT2D eigenvalue weighted by Gasteiger charge is 2.31. The first-order valence-corrected chi connectivity index (χ1v) is 15.7. The van der Waals surface area contributed by atoms with Crippen molar-refractivity contribution >= 4 is 46.7 Å². The van der Waals surface area contributed by atoms with E-state index in [1.807, 2.05) is 37.0 Å². The van der Waals surface area contributed by atoms with Gasteiger partial charge in [-0.2, -0.15) is 0 Å². The lowest BCUT2D eigenvalue weighted by atomic mass is 10.1. The van der Waals surface area contributed by atoms with Gasteiger partial charge in [-0.3, -0.25) is 9.36 Å². The maximum atomic E-state index is 13.3. The maximum absolute atomic E-state index is 13.3. The van der Waals surface area contributed by atoms with Crippen LogP contribution in [-0.4, -0.2) is 40.4 Å². The molecule has 1 amide bonds. The second-order valence-corrected chi connectivity index (χ2v) is 14.1. The molecule has 3 aliphatic rings. The lowest BCUT2D eigenvalue weighted by Gasteiger charge is -2.25. The van der Waals surface area contributed by atoms with Crippen LogP contribution in [0, 0.1) is 12.8 Å². The van der Waals surface area contributed by atoms with Gasteiger partial charge >= 0.3 is 0 Å². The first-order valence-electron chi connectivity index (χ1n) is 13.1. The fourth-order valence-electron chi connectivity index (χ4n) is 5.09. The molecule has 6 rings (SSSR count). The van der Waals surface area contributed by atoms with E-state index in [2.05, 4.69) is 22.8 Å². The Labute approximate surface area is 211 Å². The van der Waals surface area contributed by atoms with E-state index in [0.29, 0.717) is 29.5 Å². The minimum Gasteiger partial charge on any atom is -0.358 e. The second-order valence-electron chi connectivity index (χ2n) is 10.9. The van der Waals surface area contributed by atoms with Gasteiger partial charge in [-0.25, -0.2) is 9.97 Å². The molecular formula is C27H34N5O3P. The lowest BCUT2D eigenvalue weighted by Crippen LogP contribution is -2.20. The number of carbonyl (C=O) groups is 1. The predicted octanol–water partition coefficient (Wildman–Crippen LogP) is 5.66. The van der Waals surface area contributed by atoms with Crippen LogP contribution in [0.3, 0.4) is 0 Å². The monoisotopic (exact) mass is 507 g/mol. The van der Waals surface area contributed by atoms with Crippen molar-refractivity contribution in [2.75, 3.05) is 30.6 Å². The molecular weight excluding hydrogens is 473 g/mol. The third kappa shape index (κ3) is 4.69. The summed E-state index contributed by atoms with van der Waals surface area (Å²) in [6.07, 6.45) is 7.15. The molecule has 190 valence electrons. The van der Waals surface area contributed by atoms with Crippen LogP contribution in [-0.2, 0) is 14.1 Å². The van der Waals surface area contributed by atoms with Gasteiger partial charge in [0.25, 0.3) is 0 Å². The summed E-state index contributed by atoms with van der Waals surface area (Å²) < 4.78 is 21.4. The van der Waals surface area contributed by atoms with Gasteiger partial charge in [-0.05, 0) is 88.8 Å². The first-order chi connectivity index (χ1) is 17.3. The average molecular weight is 508 g/mol. The number of aryl methyl sites for hydroxylation is 1.